The van der Waals surface area contributed by atoms with Gasteiger partial charge < -0.3 is 4.74 Å². The lowest BCUT2D eigenvalue weighted by atomic mass is 10.3. The Morgan fingerprint density at radius 1 is 1.43 bits per heavy atom. The lowest BCUT2D eigenvalue weighted by Gasteiger charge is -2.04. The largest absolute Gasteiger partial charge is 0.447 e. The summed E-state index contributed by atoms with van der Waals surface area (Å²) in [4.78, 5) is 10.9. The second-order valence-electron chi connectivity index (χ2n) is 2.46. The number of nitrogens with one attached hydrogen (secondary N) is 1. The average molecular weight is 262 g/mol. The average Bonchev–Trinajstić information content (AvgIpc) is 2.18. The molecule has 0 unspecified atom stereocenters. The first-order chi connectivity index (χ1) is 6.72. The van der Waals surface area contributed by atoms with Gasteiger partial charge in [0.2, 0.25) is 0 Å². The third-order valence-corrected chi connectivity index (χ3v) is 1.93. The molecule has 5 heteroatoms. The van der Waals surface area contributed by atoms with Crippen LogP contribution in [0.4, 0.5) is 14.9 Å². The topological polar surface area (TPSA) is 38.3 Å². The summed E-state index contributed by atoms with van der Waals surface area (Å²) < 4.78 is 17.0. The van der Waals surface area contributed by atoms with Crippen LogP contribution in [0.25, 0.3) is 0 Å². The fourth-order valence-electron chi connectivity index (χ4n) is 0.818. The number of halogens is 2. The Bertz CT molecular complexity index is 302. The van der Waals surface area contributed by atoms with Crippen molar-refractivity contribution in [2.75, 3.05) is 18.6 Å². The van der Waals surface area contributed by atoms with Gasteiger partial charge in [0.15, 0.2) is 0 Å². The lowest BCUT2D eigenvalue weighted by Crippen LogP contribution is -2.14. The number of benzene rings is 1. The van der Waals surface area contributed by atoms with Crippen LogP contribution in [-0.4, -0.2) is 19.4 Å². The molecular formula is C9H9BrFNO2. The molecule has 1 aromatic carbocycles. The molecule has 76 valence electrons. The molecule has 1 aromatic rings. The number of carbonyl (C=O) groups excluding carboxylic acids is 1. The summed E-state index contributed by atoms with van der Waals surface area (Å²) in [6, 6.07) is 6.98. The molecule has 0 saturated heterocycles. The van der Waals surface area contributed by atoms with Crippen molar-refractivity contribution < 1.29 is 13.9 Å². The highest BCUT2D eigenvalue weighted by Crippen LogP contribution is 2.14. The molecule has 0 fully saturated rings. The van der Waals surface area contributed by atoms with Crippen LogP contribution in [0, 0.1) is 0 Å². The Morgan fingerprint density at radius 3 is 2.64 bits per heavy atom. The summed E-state index contributed by atoms with van der Waals surface area (Å²) in [6.07, 6.45) is -0.648. The first-order valence-corrected chi connectivity index (χ1v) is 4.77. The molecule has 0 spiro atoms. The van der Waals surface area contributed by atoms with Crippen LogP contribution in [-0.2, 0) is 4.74 Å². The van der Waals surface area contributed by atoms with Gasteiger partial charge in [-0.2, -0.15) is 0 Å². The van der Waals surface area contributed by atoms with Crippen molar-refractivity contribution in [1.82, 2.24) is 0 Å². The minimum atomic E-state index is -0.673. The second kappa shape index (κ2) is 5.59. The summed E-state index contributed by atoms with van der Waals surface area (Å²) in [5, 5.41) is 2.46. The molecule has 3 nitrogen and oxygen atoms in total. The lowest BCUT2D eigenvalue weighted by molar-refractivity contribution is 0.152. The zero-order valence-corrected chi connectivity index (χ0v) is 8.88. The summed E-state index contributed by atoms with van der Waals surface area (Å²) in [7, 11) is 0. The highest BCUT2D eigenvalue weighted by Gasteiger charge is 2.01. The van der Waals surface area contributed by atoms with E-state index >= 15 is 0 Å². The van der Waals surface area contributed by atoms with Crippen LogP contribution in [0.2, 0.25) is 0 Å². The zero-order valence-electron chi connectivity index (χ0n) is 7.30. The van der Waals surface area contributed by atoms with Gasteiger partial charge in [-0.15, -0.1) is 0 Å². The van der Waals surface area contributed by atoms with Crippen LogP contribution >= 0.6 is 15.9 Å². The monoisotopic (exact) mass is 261 g/mol. The van der Waals surface area contributed by atoms with E-state index in [-0.39, 0.29) is 6.61 Å². The Balaban J connectivity index is 2.44. The van der Waals surface area contributed by atoms with Crippen molar-refractivity contribution >= 4 is 27.7 Å². The molecule has 0 atom stereocenters. The van der Waals surface area contributed by atoms with Gasteiger partial charge in [0, 0.05) is 10.2 Å². The summed E-state index contributed by atoms with van der Waals surface area (Å²) >= 11 is 3.26. The number of amides is 1. The van der Waals surface area contributed by atoms with Crippen molar-refractivity contribution in [2.24, 2.45) is 0 Å². The molecule has 0 aliphatic heterocycles. The first kappa shape index (κ1) is 11.0. The van der Waals surface area contributed by atoms with Crippen molar-refractivity contribution in [2.45, 2.75) is 0 Å². The van der Waals surface area contributed by atoms with Gasteiger partial charge in [-0.25, -0.2) is 9.18 Å². The number of alkyl halides is 1. The van der Waals surface area contributed by atoms with Crippen molar-refractivity contribution in [1.29, 1.82) is 0 Å². The van der Waals surface area contributed by atoms with Crippen LogP contribution in [0.5, 0.6) is 0 Å². The fraction of sp³-hybridized carbons (Fsp3) is 0.222. The third kappa shape index (κ3) is 3.74. The highest BCUT2D eigenvalue weighted by molar-refractivity contribution is 9.10. The van der Waals surface area contributed by atoms with Crippen LogP contribution in [0.3, 0.4) is 0 Å². The Labute approximate surface area is 89.4 Å². The molecule has 1 amide bonds. The predicted molar refractivity (Wildman–Crippen MR) is 55.1 cm³/mol. The standard InChI is InChI=1S/C9H9BrFNO2/c10-7-1-3-8(4-2-7)12-9(13)14-6-5-11/h1-4H,5-6H2,(H,12,13). The first-order valence-electron chi connectivity index (χ1n) is 3.97. The molecule has 1 rings (SSSR count). The number of hydrogen-bond donors (Lipinski definition) is 1. The molecular weight excluding hydrogens is 253 g/mol. The van der Waals surface area contributed by atoms with Gasteiger partial charge in [-0.05, 0) is 24.3 Å². The fourth-order valence-corrected chi connectivity index (χ4v) is 1.08. The Morgan fingerprint density at radius 2 is 2.07 bits per heavy atom. The minimum absolute atomic E-state index is 0.220. The molecule has 14 heavy (non-hydrogen) atoms. The maximum absolute atomic E-state index is 11.6. The SMILES string of the molecule is O=C(Nc1ccc(Br)cc1)OCCF. The zero-order chi connectivity index (χ0) is 10.4. The maximum Gasteiger partial charge on any atom is 0.411 e. The van der Waals surface area contributed by atoms with Gasteiger partial charge in [0.05, 0.1) is 0 Å². The van der Waals surface area contributed by atoms with E-state index in [4.69, 9.17) is 0 Å². The number of rotatable bonds is 3. The van der Waals surface area contributed by atoms with Gasteiger partial charge in [-0.1, -0.05) is 15.9 Å². The third-order valence-electron chi connectivity index (χ3n) is 1.40. The molecule has 0 radical (unpaired) electrons. The van der Waals surface area contributed by atoms with Gasteiger partial charge in [-0.3, -0.25) is 5.32 Å². The van der Waals surface area contributed by atoms with Crippen molar-refractivity contribution in [3.8, 4) is 0 Å². The molecule has 0 aromatic heterocycles. The predicted octanol–water partition coefficient (Wildman–Crippen LogP) is 2.97. The van der Waals surface area contributed by atoms with E-state index in [0.29, 0.717) is 5.69 Å². The number of hydrogen-bond acceptors (Lipinski definition) is 2. The van der Waals surface area contributed by atoms with E-state index in [0.717, 1.165) is 4.47 Å². The van der Waals surface area contributed by atoms with E-state index in [1.165, 1.54) is 0 Å². The Hall–Kier alpha value is -1.10. The van der Waals surface area contributed by atoms with Gasteiger partial charge in [0.25, 0.3) is 0 Å². The van der Waals surface area contributed by atoms with E-state index in [1.54, 1.807) is 24.3 Å². The number of carbonyl (C=O) groups is 1. The molecule has 0 aliphatic carbocycles. The smallest absolute Gasteiger partial charge is 0.411 e. The van der Waals surface area contributed by atoms with Crippen LogP contribution in [0.15, 0.2) is 28.7 Å². The van der Waals surface area contributed by atoms with Crippen molar-refractivity contribution in [3.05, 3.63) is 28.7 Å². The quantitative estimate of drug-likeness (QED) is 0.909. The summed E-state index contributed by atoms with van der Waals surface area (Å²) in [5.74, 6) is 0. The highest BCUT2D eigenvalue weighted by atomic mass is 79.9. The van der Waals surface area contributed by atoms with Crippen LogP contribution in [0.1, 0.15) is 0 Å². The van der Waals surface area contributed by atoms with Crippen LogP contribution < -0.4 is 5.32 Å². The van der Waals surface area contributed by atoms with Gasteiger partial charge in [0.1, 0.15) is 13.3 Å². The van der Waals surface area contributed by atoms with Gasteiger partial charge >= 0.3 is 6.09 Å². The Kier molecular flexibility index (Phi) is 4.39. The molecule has 0 heterocycles. The normalized spacial score (nSPS) is 9.57. The van der Waals surface area contributed by atoms with Crippen molar-refractivity contribution in [3.63, 3.8) is 0 Å². The summed E-state index contributed by atoms with van der Waals surface area (Å²) in [6.45, 7) is -0.893. The molecule has 0 bridgehead atoms. The molecule has 0 aliphatic rings. The summed E-state index contributed by atoms with van der Waals surface area (Å²) in [5.41, 5.74) is 0.608. The number of ether oxygens (including phenoxy) is 1. The molecule has 0 saturated carbocycles. The van der Waals surface area contributed by atoms with E-state index in [2.05, 4.69) is 26.0 Å². The minimum Gasteiger partial charge on any atom is -0.447 e. The van der Waals surface area contributed by atoms with E-state index in [1.807, 2.05) is 0 Å². The number of anilines is 1. The molecule has 1 N–H and O–H groups in total. The van der Waals surface area contributed by atoms with E-state index in [9.17, 15) is 9.18 Å². The van der Waals surface area contributed by atoms with E-state index < -0.39 is 12.8 Å². The second-order valence-corrected chi connectivity index (χ2v) is 3.37. The maximum atomic E-state index is 11.6.